The number of hydrogen-bond acceptors (Lipinski definition) is 2. The van der Waals surface area contributed by atoms with Crippen LogP contribution in [-0.4, -0.2) is 22.3 Å². The average Bonchev–Trinajstić information content (AvgIpc) is 2.99. The van der Waals surface area contributed by atoms with Gasteiger partial charge >= 0.3 is 5.97 Å². The van der Waals surface area contributed by atoms with Crippen LogP contribution in [-0.2, 0) is 4.79 Å². The predicted molar refractivity (Wildman–Crippen MR) is 121 cm³/mol. The Hall–Kier alpha value is -1.09. The number of carboxylic acid groups (broad SMARTS) is 1. The van der Waals surface area contributed by atoms with Crippen molar-refractivity contribution in [2.45, 2.75) is 91.6 Å². The Kier molecular flexibility index (Phi) is 5.98. The molecular weight excluding hydrogens is 372 g/mol. The smallest absolute Gasteiger partial charge is 0.314 e. The van der Waals surface area contributed by atoms with Crippen molar-refractivity contribution in [3.05, 3.63) is 23.8 Å². The van der Waals surface area contributed by atoms with Crippen LogP contribution in [0.4, 0.5) is 0 Å². The van der Waals surface area contributed by atoms with E-state index < -0.39 is 11.9 Å². The highest BCUT2D eigenvalue weighted by atomic mass is 16.4. The minimum atomic E-state index is -0.702. The maximum atomic E-state index is 12.0. The molecule has 3 fully saturated rings. The molecule has 0 aromatic rings. The lowest BCUT2D eigenvalue weighted by Crippen LogP contribution is -2.53. The number of allylic oxidation sites excluding steroid dienone is 2. The molecule has 0 heterocycles. The van der Waals surface area contributed by atoms with E-state index in [2.05, 4.69) is 39.8 Å². The van der Waals surface area contributed by atoms with Crippen molar-refractivity contribution < 1.29 is 15.0 Å². The molecule has 0 unspecified atom stereocenters. The third-order valence-electron chi connectivity index (χ3n) is 9.90. The Morgan fingerprint density at radius 1 is 1.13 bits per heavy atom. The predicted octanol–water partition coefficient (Wildman–Crippen LogP) is 6.23. The topological polar surface area (TPSA) is 57.5 Å². The minimum Gasteiger partial charge on any atom is -0.481 e. The van der Waals surface area contributed by atoms with E-state index >= 15 is 0 Å². The van der Waals surface area contributed by atoms with Gasteiger partial charge in [-0.15, -0.1) is 0 Å². The summed E-state index contributed by atoms with van der Waals surface area (Å²) in [7, 11) is 0. The number of aliphatic hydroxyl groups excluding tert-OH is 1. The molecule has 3 saturated carbocycles. The van der Waals surface area contributed by atoms with E-state index in [0.717, 1.165) is 49.5 Å². The van der Waals surface area contributed by atoms with Crippen molar-refractivity contribution in [3.8, 4) is 0 Å². The highest BCUT2D eigenvalue weighted by Crippen LogP contribution is 2.66. The molecule has 4 aliphatic carbocycles. The molecule has 0 aromatic heterocycles. The summed E-state index contributed by atoms with van der Waals surface area (Å²) in [4.78, 5) is 12.0. The molecule has 2 N–H and O–H groups in total. The first kappa shape index (κ1) is 22.1. The fourth-order valence-corrected chi connectivity index (χ4v) is 7.98. The Morgan fingerprint density at radius 2 is 1.87 bits per heavy atom. The maximum Gasteiger partial charge on any atom is 0.314 e. The van der Waals surface area contributed by atoms with E-state index in [1.54, 1.807) is 0 Å². The molecule has 0 bridgehead atoms. The van der Waals surface area contributed by atoms with Gasteiger partial charge in [0.05, 0.1) is 12.0 Å². The van der Waals surface area contributed by atoms with E-state index in [0.29, 0.717) is 23.2 Å². The van der Waals surface area contributed by atoms with Crippen molar-refractivity contribution in [3.63, 3.8) is 0 Å². The molecule has 8 atom stereocenters. The number of carbonyl (C=O) groups is 1. The largest absolute Gasteiger partial charge is 0.481 e. The number of hydrogen-bond donors (Lipinski definition) is 2. The second kappa shape index (κ2) is 8.11. The van der Waals surface area contributed by atoms with Crippen molar-refractivity contribution >= 4 is 5.97 Å². The third kappa shape index (κ3) is 3.59. The summed E-state index contributed by atoms with van der Waals surface area (Å²) in [6, 6.07) is 0. The third-order valence-corrected chi connectivity index (χ3v) is 9.90. The summed E-state index contributed by atoms with van der Waals surface area (Å²) in [6.07, 6.45) is 16.2. The Morgan fingerprint density at radius 3 is 2.57 bits per heavy atom. The molecule has 0 spiro atoms. The quantitative estimate of drug-likeness (QED) is 0.524. The molecule has 0 radical (unpaired) electrons. The van der Waals surface area contributed by atoms with Crippen LogP contribution >= 0.6 is 0 Å². The summed E-state index contributed by atoms with van der Waals surface area (Å²) in [5.74, 6) is 2.17. The van der Waals surface area contributed by atoms with Gasteiger partial charge in [0.1, 0.15) is 0 Å². The molecule has 168 valence electrons. The van der Waals surface area contributed by atoms with Crippen LogP contribution in [0.1, 0.15) is 85.5 Å². The molecule has 0 amide bonds. The van der Waals surface area contributed by atoms with Crippen molar-refractivity contribution in [1.29, 1.82) is 0 Å². The van der Waals surface area contributed by atoms with Gasteiger partial charge in [0.15, 0.2) is 0 Å². The minimum absolute atomic E-state index is 0.110. The number of rotatable bonds is 5. The van der Waals surface area contributed by atoms with Gasteiger partial charge in [-0.05, 0) is 98.2 Å². The van der Waals surface area contributed by atoms with Crippen molar-refractivity contribution in [2.75, 3.05) is 0 Å². The van der Waals surface area contributed by atoms with Gasteiger partial charge in [-0.25, -0.2) is 0 Å². The fraction of sp³-hybridized carbons (Fsp3) is 0.815. The molecule has 3 nitrogen and oxygen atoms in total. The van der Waals surface area contributed by atoms with E-state index in [1.807, 2.05) is 6.08 Å². The Labute approximate surface area is 183 Å². The molecule has 0 saturated heterocycles. The van der Waals surface area contributed by atoms with E-state index in [-0.39, 0.29) is 11.5 Å². The van der Waals surface area contributed by atoms with Crippen LogP contribution in [0.3, 0.4) is 0 Å². The summed E-state index contributed by atoms with van der Waals surface area (Å²) < 4.78 is 0. The summed E-state index contributed by atoms with van der Waals surface area (Å²) in [5.41, 5.74) is 1.57. The van der Waals surface area contributed by atoms with Crippen molar-refractivity contribution in [1.82, 2.24) is 0 Å². The first-order valence-corrected chi connectivity index (χ1v) is 12.4. The van der Waals surface area contributed by atoms with Crippen LogP contribution in [0, 0.1) is 46.3 Å². The second-order valence-electron chi connectivity index (χ2n) is 11.9. The Balaban J connectivity index is 1.54. The molecule has 4 rings (SSSR count). The van der Waals surface area contributed by atoms with Crippen LogP contribution in [0.25, 0.3) is 0 Å². The average molecular weight is 415 g/mol. The lowest BCUT2D eigenvalue weighted by molar-refractivity contribution is -0.139. The van der Waals surface area contributed by atoms with Gasteiger partial charge in [-0.1, -0.05) is 51.5 Å². The van der Waals surface area contributed by atoms with Gasteiger partial charge in [0.25, 0.3) is 0 Å². The van der Waals surface area contributed by atoms with Gasteiger partial charge in [0, 0.05) is 0 Å². The zero-order valence-electron chi connectivity index (χ0n) is 19.4. The first-order chi connectivity index (χ1) is 14.2. The van der Waals surface area contributed by atoms with E-state index in [4.69, 9.17) is 0 Å². The van der Waals surface area contributed by atoms with Crippen molar-refractivity contribution in [2.24, 2.45) is 46.3 Å². The standard InChI is InChI=1S/C27H42O3/c1-17(2)6-5-7-20(25(29)30)18-12-14-26(3)19(16-18)8-9-21-22-10-11-24(28)27(22,4)15-13-23(21)26/h5,7,12,17,19-24,28H,6,8-11,13-16H2,1-4H3,(H,29,30)/b7-5-/t19-,20-,21+,22+,23+,24-,26-,27-/m0/s1. The molecule has 0 aliphatic heterocycles. The normalized spacial score (nSPS) is 44.3. The monoisotopic (exact) mass is 414 g/mol. The van der Waals surface area contributed by atoms with Gasteiger partial charge in [0.2, 0.25) is 0 Å². The summed E-state index contributed by atoms with van der Waals surface area (Å²) in [5, 5.41) is 20.5. The molecule has 4 aliphatic rings. The SMILES string of the molecule is CC(C)C/C=C\[C@H](C(=O)O)C1=CC[C@@]2(C)[C@@H](CC[C@H]3[C@H]2CC[C@@]2(C)[C@@H]3CC[C@@H]2O)C1. The maximum absolute atomic E-state index is 12.0. The highest BCUT2D eigenvalue weighted by Gasteiger charge is 2.59. The first-order valence-electron chi connectivity index (χ1n) is 12.4. The number of carboxylic acids is 1. The zero-order chi connectivity index (χ0) is 21.7. The molecule has 0 aromatic carbocycles. The fourth-order valence-electron chi connectivity index (χ4n) is 7.98. The molecule has 3 heteroatoms. The lowest BCUT2D eigenvalue weighted by atomic mass is 9.45. The number of aliphatic hydroxyl groups is 1. The van der Waals surface area contributed by atoms with Gasteiger partial charge in [-0.2, -0.15) is 0 Å². The second-order valence-corrected chi connectivity index (χ2v) is 11.9. The van der Waals surface area contributed by atoms with Gasteiger partial charge < -0.3 is 10.2 Å². The van der Waals surface area contributed by atoms with Crippen LogP contribution in [0.2, 0.25) is 0 Å². The van der Waals surface area contributed by atoms with Gasteiger partial charge in [-0.3, -0.25) is 4.79 Å². The summed E-state index contributed by atoms with van der Waals surface area (Å²) in [6.45, 7) is 9.19. The molecular formula is C27H42O3. The van der Waals surface area contributed by atoms with E-state index in [9.17, 15) is 15.0 Å². The van der Waals surface area contributed by atoms with Crippen LogP contribution in [0.5, 0.6) is 0 Å². The Bertz CT molecular complexity index is 722. The summed E-state index contributed by atoms with van der Waals surface area (Å²) >= 11 is 0. The molecule has 30 heavy (non-hydrogen) atoms. The van der Waals surface area contributed by atoms with Crippen LogP contribution in [0.15, 0.2) is 23.8 Å². The zero-order valence-corrected chi connectivity index (χ0v) is 19.4. The number of fused-ring (bicyclic) bond motifs is 5. The number of aliphatic carboxylic acids is 1. The lowest BCUT2D eigenvalue weighted by Gasteiger charge is -2.60. The van der Waals surface area contributed by atoms with Crippen LogP contribution < -0.4 is 0 Å². The highest BCUT2D eigenvalue weighted by molar-refractivity contribution is 5.76. The van der Waals surface area contributed by atoms with E-state index in [1.165, 1.54) is 25.7 Å².